The highest BCUT2D eigenvalue weighted by molar-refractivity contribution is 8.00. The van der Waals surface area contributed by atoms with Gasteiger partial charge in [-0.3, -0.25) is 14.5 Å². The van der Waals surface area contributed by atoms with Gasteiger partial charge in [0.05, 0.1) is 38.9 Å². The number of nitrogen functional groups attached to an aromatic ring is 1. The number of carbonyl (C=O) groups excluding carboxylic acids is 3. The topological polar surface area (TPSA) is 163 Å². The van der Waals surface area contributed by atoms with E-state index in [0.29, 0.717) is 22.4 Å². The smallest absolute Gasteiger partial charge is 0.278 e. The number of carbonyl (C=O) groups is 3. The van der Waals surface area contributed by atoms with E-state index >= 15 is 0 Å². The SMILES string of the molecule is CO/N=C(\C(=O)N[C@@H]1C(=O)N2C(C(=O)[O-])=C(/C=C/C[N+](C)(C)CCS)CS[C@@H]12)c1nsc(N)n1. The number of amides is 2. The van der Waals surface area contributed by atoms with Crippen LogP contribution in [-0.2, 0) is 19.2 Å². The van der Waals surface area contributed by atoms with E-state index in [9.17, 15) is 19.5 Å². The molecule has 2 aliphatic rings. The lowest BCUT2D eigenvalue weighted by Crippen LogP contribution is -2.71. The molecular weight excluding hydrogens is 502 g/mol. The summed E-state index contributed by atoms with van der Waals surface area (Å²) >= 11 is 6.48. The molecule has 2 amide bonds. The van der Waals surface area contributed by atoms with E-state index in [0.717, 1.165) is 28.7 Å². The molecule has 0 radical (unpaired) electrons. The summed E-state index contributed by atoms with van der Waals surface area (Å²) in [6.45, 7) is 1.52. The molecule has 1 saturated heterocycles. The first-order chi connectivity index (χ1) is 16.1. The van der Waals surface area contributed by atoms with E-state index in [-0.39, 0.29) is 22.4 Å². The van der Waals surface area contributed by atoms with Crippen molar-refractivity contribution in [2.24, 2.45) is 5.16 Å². The first-order valence-corrected chi connectivity index (χ1v) is 12.5. The van der Waals surface area contributed by atoms with Crippen LogP contribution in [-0.4, -0.2) is 99.5 Å². The average molecular weight is 528 g/mol. The molecule has 184 valence electrons. The molecule has 1 aromatic heterocycles. The number of allylic oxidation sites excluding steroid dienone is 1. The van der Waals surface area contributed by atoms with Gasteiger partial charge in [0.2, 0.25) is 11.5 Å². The van der Waals surface area contributed by atoms with Crippen LogP contribution in [0, 0.1) is 0 Å². The van der Waals surface area contributed by atoms with E-state index in [1.54, 1.807) is 6.08 Å². The predicted octanol–water partition coefficient (Wildman–Crippen LogP) is -1.56. The van der Waals surface area contributed by atoms with Gasteiger partial charge in [-0.25, -0.2) is 0 Å². The maximum absolute atomic E-state index is 12.8. The Kier molecular flexibility index (Phi) is 8.22. The van der Waals surface area contributed by atoms with Crippen molar-refractivity contribution in [2.45, 2.75) is 11.4 Å². The number of thioether (sulfide) groups is 1. The average Bonchev–Trinajstić information content (AvgIpc) is 3.20. The van der Waals surface area contributed by atoms with Gasteiger partial charge in [-0.05, 0) is 11.6 Å². The number of carboxylic acid groups (broad SMARTS) is 1. The fourth-order valence-electron chi connectivity index (χ4n) is 3.42. The van der Waals surface area contributed by atoms with E-state index < -0.39 is 29.2 Å². The van der Waals surface area contributed by atoms with E-state index in [1.165, 1.54) is 18.9 Å². The van der Waals surface area contributed by atoms with Crippen molar-refractivity contribution in [2.75, 3.05) is 51.5 Å². The lowest BCUT2D eigenvalue weighted by molar-refractivity contribution is -0.881. The molecule has 3 N–H and O–H groups in total. The van der Waals surface area contributed by atoms with Crippen molar-refractivity contribution >= 4 is 64.6 Å². The molecule has 2 atom stereocenters. The van der Waals surface area contributed by atoms with Crippen LogP contribution in [0.3, 0.4) is 0 Å². The maximum atomic E-state index is 12.8. The van der Waals surface area contributed by atoms with Crippen molar-refractivity contribution in [1.82, 2.24) is 19.6 Å². The van der Waals surface area contributed by atoms with E-state index in [1.807, 2.05) is 20.2 Å². The number of hydrogen-bond acceptors (Lipinski definition) is 12. The second-order valence-corrected chi connectivity index (χ2v) is 10.4. The third-order valence-electron chi connectivity index (χ3n) is 5.15. The lowest BCUT2D eigenvalue weighted by atomic mass is 10.0. The van der Waals surface area contributed by atoms with Crippen molar-refractivity contribution in [3.05, 3.63) is 29.2 Å². The maximum Gasteiger partial charge on any atom is 0.278 e. The highest BCUT2D eigenvalue weighted by atomic mass is 32.2. The van der Waals surface area contributed by atoms with Crippen molar-refractivity contribution < 1.29 is 28.8 Å². The Bertz CT molecular complexity index is 1070. The first kappa shape index (κ1) is 26.0. The number of aliphatic carboxylic acids is 1. The molecule has 1 aromatic rings. The minimum absolute atomic E-state index is 0.0382. The molecule has 0 saturated carbocycles. The number of β-lactam (4-membered cyclic amide) rings is 1. The number of thiol groups is 1. The van der Waals surface area contributed by atoms with Crippen molar-refractivity contribution in [3.63, 3.8) is 0 Å². The Hall–Kier alpha value is -2.62. The quantitative estimate of drug-likeness (QED) is 0.107. The molecule has 15 heteroatoms. The summed E-state index contributed by atoms with van der Waals surface area (Å²) in [5.41, 5.74) is 5.62. The summed E-state index contributed by atoms with van der Waals surface area (Å²) in [6.07, 6.45) is 3.60. The Labute approximate surface area is 210 Å². The number of hydrogen-bond donors (Lipinski definition) is 3. The van der Waals surface area contributed by atoms with E-state index in [2.05, 4.69) is 32.5 Å². The number of nitrogens with zero attached hydrogens (tertiary/aromatic N) is 5. The summed E-state index contributed by atoms with van der Waals surface area (Å²) in [4.78, 5) is 47.3. The Morgan fingerprint density at radius 1 is 1.47 bits per heavy atom. The summed E-state index contributed by atoms with van der Waals surface area (Å²) in [5, 5.41) is 17.6. The number of oxime groups is 1. The minimum atomic E-state index is -1.45. The van der Waals surface area contributed by atoms with Crippen LogP contribution in [0.2, 0.25) is 0 Å². The van der Waals surface area contributed by atoms with Gasteiger partial charge in [0.1, 0.15) is 18.5 Å². The molecular formula is C19H25N7O5S3. The van der Waals surface area contributed by atoms with Gasteiger partial charge in [0, 0.05) is 23.0 Å². The fourth-order valence-corrected chi connectivity index (χ4v) is 5.71. The van der Waals surface area contributed by atoms with Crippen LogP contribution >= 0.6 is 35.9 Å². The molecule has 0 unspecified atom stereocenters. The van der Waals surface area contributed by atoms with Crippen LogP contribution < -0.4 is 16.2 Å². The van der Waals surface area contributed by atoms with Gasteiger partial charge in [-0.2, -0.15) is 22.0 Å². The molecule has 0 bridgehead atoms. The Morgan fingerprint density at radius 2 is 2.21 bits per heavy atom. The summed E-state index contributed by atoms with van der Waals surface area (Å²) in [6, 6.07) is -0.957. The molecule has 0 aromatic carbocycles. The van der Waals surface area contributed by atoms with Crippen LogP contribution in [0.5, 0.6) is 0 Å². The van der Waals surface area contributed by atoms with Gasteiger partial charge >= 0.3 is 0 Å². The number of rotatable bonds is 10. The monoisotopic (exact) mass is 527 g/mol. The molecule has 34 heavy (non-hydrogen) atoms. The normalized spacial score (nSPS) is 20.9. The summed E-state index contributed by atoms with van der Waals surface area (Å²) in [5.74, 6) is -1.73. The predicted molar refractivity (Wildman–Crippen MR) is 130 cm³/mol. The van der Waals surface area contributed by atoms with Crippen LogP contribution in [0.15, 0.2) is 28.6 Å². The van der Waals surface area contributed by atoms with Gasteiger partial charge in [0.15, 0.2) is 5.13 Å². The standard InChI is InChI=1S/C19H25N7O5S3/c1-26(2,7-8-32)6-4-5-10-9-33-17-12(16(28)25(17)13(10)18(29)30)21-15(27)11(23-31-3)14-22-19(20)34-24-14/h4-5,12,17H,6-9H2,1-3H3,(H4-,20,21,22,24,27,29,30,32)/b5-4+,23-11-/t12-,17+/m1/s1. The zero-order valence-electron chi connectivity index (χ0n) is 18.8. The molecule has 3 rings (SSSR count). The first-order valence-electron chi connectivity index (χ1n) is 10.1. The lowest BCUT2D eigenvalue weighted by Gasteiger charge is -2.50. The second kappa shape index (κ2) is 10.8. The summed E-state index contributed by atoms with van der Waals surface area (Å²) < 4.78 is 4.62. The third kappa shape index (κ3) is 5.54. The number of nitrogens with two attached hydrogens (primary N) is 1. The number of likely N-dealkylation sites (N-methyl/N-ethyl adjacent to an activating group) is 1. The van der Waals surface area contributed by atoms with Gasteiger partial charge < -0.3 is 30.3 Å². The van der Waals surface area contributed by atoms with Crippen molar-refractivity contribution in [1.29, 1.82) is 0 Å². The number of carboxylic acids is 1. The molecule has 2 aliphatic heterocycles. The molecule has 1 fully saturated rings. The zero-order chi connectivity index (χ0) is 25.0. The highest BCUT2D eigenvalue weighted by Gasteiger charge is 2.53. The number of nitrogens with one attached hydrogen (secondary N) is 1. The largest absolute Gasteiger partial charge is 0.543 e. The third-order valence-corrected chi connectivity index (χ3v) is 7.20. The Balaban J connectivity index is 1.75. The molecule has 0 aliphatic carbocycles. The number of aromatic nitrogens is 2. The van der Waals surface area contributed by atoms with Gasteiger partial charge in [-0.1, -0.05) is 11.2 Å². The van der Waals surface area contributed by atoms with Crippen LogP contribution in [0.25, 0.3) is 0 Å². The Morgan fingerprint density at radius 3 is 2.79 bits per heavy atom. The fraction of sp³-hybridized carbons (Fsp3) is 0.474. The number of fused-ring (bicyclic) bond motifs is 1. The van der Waals surface area contributed by atoms with E-state index in [4.69, 9.17) is 10.6 Å². The second-order valence-electron chi connectivity index (χ2n) is 8.07. The zero-order valence-corrected chi connectivity index (χ0v) is 21.3. The highest BCUT2D eigenvalue weighted by Crippen LogP contribution is 2.40. The number of quaternary nitrogens is 1. The molecule has 0 spiro atoms. The van der Waals surface area contributed by atoms with Crippen molar-refractivity contribution in [3.8, 4) is 0 Å². The van der Waals surface area contributed by atoms with Crippen LogP contribution in [0.1, 0.15) is 5.82 Å². The minimum Gasteiger partial charge on any atom is -0.543 e. The number of anilines is 1. The molecule has 3 heterocycles. The van der Waals surface area contributed by atoms with Crippen LogP contribution in [0.4, 0.5) is 5.13 Å². The van der Waals surface area contributed by atoms with Gasteiger partial charge in [0.25, 0.3) is 11.8 Å². The molecule has 12 nitrogen and oxygen atoms in total. The van der Waals surface area contributed by atoms with Gasteiger partial charge in [-0.15, -0.1) is 11.8 Å². The summed E-state index contributed by atoms with van der Waals surface area (Å²) in [7, 11) is 5.34.